The van der Waals surface area contributed by atoms with Crippen molar-refractivity contribution in [3.63, 3.8) is 0 Å². The van der Waals surface area contributed by atoms with Gasteiger partial charge in [0.1, 0.15) is 0 Å². The van der Waals surface area contributed by atoms with Gasteiger partial charge in [-0.3, -0.25) is 0 Å². The van der Waals surface area contributed by atoms with E-state index in [0.29, 0.717) is 0 Å². The minimum absolute atomic E-state index is 1.03. The molecule has 25 heavy (non-hydrogen) atoms. The summed E-state index contributed by atoms with van der Waals surface area (Å²) in [5.74, 6) is 0. The van der Waals surface area contributed by atoms with Crippen LogP contribution in [0.3, 0.4) is 0 Å². The predicted octanol–water partition coefficient (Wildman–Crippen LogP) is 5.82. The molecule has 0 fully saturated rings. The van der Waals surface area contributed by atoms with E-state index in [4.69, 9.17) is 5.10 Å². The molecular formula is C23H20N2. The SMILES string of the molecule is Cc1ccc(-c2nn(-c3ccccc3)c(-c3ccccc3)c2C)cc1. The number of aryl methyl sites for hydroxylation is 1. The third kappa shape index (κ3) is 2.87. The van der Waals surface area contributed by atoms with Gasteiger partial charge >= 0.3 is 0 Å². The van der Waals surface area contributed by atoms with Gasteiger partial charge in [-0.2, -0.15) is 5.10 Å². The molecule has 0 amide bonds. The first-order chi connectivity index (χ1) is 12.2. The quantitative estimate of drug-likeness (QED) is 0.464. The Bertz CT molecular complexity index is 982. The highest BCUT2D eigenvalue weighted by Gasteiger charge is 2.18. The van der Waals surface area contributed by atoms with Crippen LogP contribution < -0.4 is 0 Å². The van der Waals surface area contributed by atoms with Crippen molar-refractivity contribution in [1.82, 2.24) is 9.78 Å². The van der Waals surface area contributed by atoms with Crippen LogP contribution in [0.2, 0.25) is 0 Å². The highest BCUT2D eigenvalue weighted by Crippen LogP contribution is 2.33. The van der Waals surface area contributed by atoms with Crippen molar-refractivity contribution in [3.05, 3.63) is 96.1 Å². The van der Waals surface area contributed by atoms with Gasteiger partial charge in [0, 0.05) is 16.7 Å². The molecule has 0 N–H and O–H groups in total. The molecule has 0 aliphatic carbocycles. The van der Waals surface area contributed by atoms with Crippen LogP contribution in [0.1, 0.15) is 11.1 Å². The van der Waals surface area contributed by atoms with Gasteiger partial charge in [0.2, 0.25) is 0 Å². The summed E-state index contributed by atoms with van der Waals surface area (Å²) in [5.41, 5.74) is 8.02. The number of benzene rings is 3. The number of para-hydroxylation sites is 1. The first-order valence-electron chi connectivity index (χ1n) is 8.51. The number of aromatic nitrogens is 2. The van der Waals surface area contributed by atoms with Crippen LogP contribution in [0, 0.1) is 13.8 Å². The van der Waals surface area contributed by atoms with Crippen molar-refractivity contribution in [1.29, 1.82) is 0 Å². The molecule has 0 saturated carbocycles. The van der Waals surface area contributed by atoms with Crippen molar-refractivity contribution < 1.29 is 0 Å². The molecule has 3 aromatic carbocycles. The highest BCUT2D eigenvalue weighted by molar-refractivity contribution is 5.75. The van der Waals surface area contributed by atoms with Crippen molar-refractivity contribution in [3.8, 4) is 28.2 Å². The van der Waals surface area contributed by atoms with Gasteiger partial charge in [-0.1, -0.05) is 78.4 Å². The standard InChI is InChI=1S/C23H20N2/c1-17-13-15-19(16-14-17)22-18(2)23(20-9-5-3-6-10-20)25(24-22)21-11-7-4-8-12-21/h3-16H,1-2H3. The van der Waals surface area contributed by atoms with Crippen LogP contribution in [0.4, 0.5) is 0 Å². The Hall–Kier alpha value is -3.13. The monoisotopic (exact) mass is 324 g/mol. The first kappa shape index (κ1) is 15.4. The lowest BCUT2D eigenvalue weighted by Gasteiger charge is -2.08. The average molecular weight is 324 g/mol. The molecule has 122 valence electrons. The van der Waals surface area contributed by atoms with Gasteiger partial charge in [-0.05, 0) is 26.0 Å². The van der Waals surface area contributed by atoms with Crippen LogP contribution in [-0.4, -0.2) is 9.78 Å². The number of hydrogen-bond donors (Lipinski definition) is 0. The fourth-order valence-corrected chi connectivity index (χ4v) is 3.17. The second-order valence-corrected chi connectivity index (χ2v) is 6.30. The van der Waals surface area contributed by atoms with Crippen LogP contribution in [0.15, 0.2) is 84.9 Å². The first-order valence-corrected chi connectivity index (χ1v) is 8.51. The summed E-state index contributed by atoms with van der Waals surface area (Å²) in [6.45, 7) is 4.26. The minimum atomic E-state index is 1.03. The van der Waals surface area contributed by atoms with Crippen LogP contribution in [0.5, 0.6) is 0 Å². The topological polar surface area (TPSA) is 17.8 Å². The van der Waals surface area contributed by atoms with Crippen molar-refractivity contribution in [2.45, 2.75) is 13.8 Å². The van der Waals surface area contributed by atoms with Gasteiger partial charge in [0.15, 0.2) is 0 Å². The lowest BCUT2D eigenvalue weighted by Crippen LogP contribution is -1.99. The van der Waals surface area contributed by atoms with E-state index < -0.39 is 0 Å². The van der Waals surface area contributed by atoms with Gasteiger partial charge in [0.05, 0.1) is 17.1 Å². The highest BCUT2D eigenvalue weighted by atomic mass is 15.3. The number of rotatable bonds is 3. The van der Waals surface area contributed by atoms with Gasteiger partial charge < -0.3 is 0 Å². The molecular weight excluding hydrogens is 304 g/mol. The van der Waals surface area contributed by atoms with Gasteiger partial charge in [-0.15, -0.1) is 0 Å². The van der Waals surface area contributed by atoms with Crippen LogP contribution >= 0.6 is 0 Å². The van der Waals surface area contributed by atoms with E-state index in [1.807, 2.05) is 24.3 Å². The molecule has 0 unspecified atom stereocenters. The summed E-state index contributed by atoms with van der Waals surface area (Å²) >= 11 is 0. The lowest BCUT2D eigenvalue weighted by atomic mass is 10.0. The second kappa shape index (κ2) is 6.40. The van der Waals surface area contributed by atoms with E-state index in [0.717, 1.165) is 22.6 Å². The lowest BCUT2D eigenvalue weighted by molar-refractivity contribution is 0.891. The van der Waals surface area contributed by atoms with E-state index >= 15 is 0 Å². The normalized spacial score (nSPS) is 10.8. The summed E-state index contributed by atoms with van der Waals surface area (Å²) in [7, 11) is 0. The Balaban J connectivity index is 1.97. The zero-order valence-corrected chi connectivity index (χ0v) is 14.5. The molecule has 0 spiro atoms. The molecule has 4 aromatic rings. The predicted molar refractivity (Wildman–Crippen MR) is 104 cm³/mol. The van der Waals surface area contributed by atoms with E-state index in [1.165, 1.54) is 16.7 Å². The molecule has 2 nitrogen and oxygen atoms in total. The smallest absolute Gasteiger partial charge is 0.0963 e. The van der Waals surface area contributed by atoms with Gasteiger partial charge in [0.25, 0.3) is 0 Å². The molecule has 1 aromatic heterocycles. The fraction of sp³-hybridized carbons (Fsp3) is 0.0870. The van der Waals surface area contributed by atoms with Crippen molar-refractivity contribution in [2.24, 2.45) is 0 Å². The van der Waals surface area contributed by atoms with Crippen molar-refractivity contribution in [2.75, 3.05) is 0 Å². The summed E-state index contributed by atoms with van der Waals surface area (Å²) in [5, 5.41) is 4.97. The Morgan fingerprint density at radius 3 is 1.88 bits per heavy atom. The Morgan fingerprint density at radius 1 is 0.640 bits per heavy atom. The zero-order chi connectivity index (χ0) is 17.2. The maximum atomic E-state index is 4.97. The molecule has 0 atom stereocenters. The fourth-order valence-electron chi connectivity index (χ4n) is 3.17. The van der Waals surface area contributed by atoms with E-state index in [1.54, 1.807) is 0 Å². The minimum Gasteiger partial charge on any atom is -0.232 e. The van der Waals surface area contributed by atoms with Gasteiger partial charge in [-0.25, -0.2) is 4.68 Å². The molecule has 0 radical (unpaired) electrons. The largest absolute Gasteiger partial charge is 0.232 e. The molecule has 0 aliphatic rings. The maximum absolute atomic E-state index is 4.97. The second-order valence-electron chi connectivity index (χ2n) is 6.30. The van der Waals surface area contributed by atoms with E-state index in [2.05, 4.69) is 79.2 Å². The molecule has 0 bridgehead atoms. The number of nitrogens with zero attached hydrogens (tertiary/aromatic N) is 2. The molecule has 4 rings (SSSR count). The Labute approximate surface area is 148 Å². The summed E-state index contributed by atoms with van der Waals surface area (Å²) in [6.07, 6.45) is 0. The maximum Gasteiger partial charge on any atom is 0.0963 e. The van der Waals surface area contributed by atoms with Crippen molar-refractivity contribution >= 4 is 0 Å². The zero-order valence-electron chi connectivity index (χ0n) is 14.5. The average Bonchev–Trinajstić information content (AvgIpc) is 3.01. The molecule has 1 heterocycles. The van der Waals surface area contributed by atoms with E-state index in [-0.39, 0.29) is 0 Å². The Kier molecular flexibility index (Phi) is 3.95. The molecule has 0 saturated heterocycles. The summed E-state index contributed by atoms with van der Waals surface area (Å²) < 4.78 is 2.06. The molecule has 2 heteroatoms. The van der Waals surface area contributed by atoms with E-state index in [9.17, 15) is 0 Å². The summed E-state index contributed by atoms with van der Waals surface area (Å²) in [6, 6.07) is 29.4. The van der Waals surface area contributed by atoms with Crippen LogP contribution in [0.25, 0.3) is 28.2 Å². The number of hydrogen-bond acceptors (Lipinski definition) is 1. The third-order valence-corrected chi connectivity index (χ3v) is 4.50. The summed E-state index contributed by atoms with van der Waals surface area (Å²) in [4.78, 5) is 0. The Morgan fingerprint density at radius 2 is 1.24 bits per heavy atom. The third-order valence-electron chi connectivity index (χ3n) is 4.50. The van der Waals surface area contributed by atoms with Crippen LogP contribution in [-0.2, 0) is 0 Å². The molecule has 0 aliphatic heterocycles.